The second kappa shape index (κ2) is 8.79. The Labute approximate surface area is 178 Å². The van der Waals surface area contributed by atoms with Crippen LogP contribution in [-0.4, -0.2) is 43.2 Å². The van der Waals surface area contributed by atoms with E-state index in [2.05, 4.69) is 22.3 Å². The summed E-state index contributed by atoms with van der Waals surface area (Å²) < 4.78 is 19.7. The van der Waals surface area contributed by atoms with E-state index in [-0.39, 0.29) is 23.8 Å². The summed E-state index contributed by atoms with van der Waals surface area (Å²) in [6, 6.07) is 14.4. The zero-order valence-electron chi connectivity index (χ0n) is 16.0. The summed E-state index contributed by atoms with van der Waals surface area (Å²) in [6.07, 6.45) is 0. The van der Waals surface area contributed by atoms with E-state index in [0.29, 0.717) is 33.2 Å². The van der Waals surface area contributed by atoms with Gasteiger partial charge in [-0.3, -0.25) is 9.69 Å². The highest BCUT2D eigenvalue weighted by molar-refractivity contribution is 7.21. The summed E-state index contributed by atoms with van der Waals surface area (Å²) in [7, 11) is 0. The number of halogens is 2. The number of nitrogens with zero attached hydrogens (tertiary/aromatic N) is 1. The smallest absolute Gasteiger partial charge is 0.263 e. The summed E-state index contributed by atoms with van der Waals surface area (Å²) >= 11 is 7.65. The lowest BCUT2D eigenvalue weighted by Crippen LogP contribution is -2.48. The molecule has 7 heteroatoms. The highest BCUT2D eigenvalue weighted by atomic mass is 35.5. The normalized spacial score (nSPS) is 17.2. The molecule has 152 valence electrons. The molecule has 0 unspecified atom stereocenters. The number of hydrogen-bond donors (Lipinski definition) is 1. The zero-order valence-corrected chi connectivity index (χ0v) is 17.6. The van der Waals surface area contributed by atoms with Crippen molar-refractivity contribution in [2.75, 3.05) is 26.3 Å². The summed E-state index contributed by atoms with van der Waals surface area (Å²) in [5.41, 5.74) is 1.15. The number of thiophene rings is 1. The number of amides is 1. The van der Waals surface area contributed by atoms with Crippen LogP contribution in [0.15, 0.2) is 48.5 Å². The number of ether oxygens (including phenoxy) is 1. The van der Waals surface area contributed by atoms with E-state index in [0.717, 1.165) is 18.7 Å². The molecule has 1 fully saturated rings. The van der Waals surface area contributed by atoms with Crippen molar-refractivity contribution in [3.8, 4) is 0 Å². The molecule has 0 radical (unpaired) electrons. The Balaban J connectivity index is 1.59. The monoisotopic (exact) mass is 432 g/mol. The zero-order chi connectivity index (χ0) is 20.4. The van der Waals surface area contributed by atoms with Crippen LogP contribution in [0.3, 0.4) is 0 Å². The number of benzene rings is 2. The molecule has 4 rings (SSSR count). The molecule has 1 aliphatic heterocycles. The van der Waals surface area contributed by atoms with Gasteiger partial charge in [0.15, 0.2) is 0 Å². The van der Waals surface area contributed by atoms with Gasteiger partial charge in [-0.25, -0.2) is 4.39 Å². The molecule has 0 aliphatic carbocycles. The third-order valence-electron chi connectivity index (χ3n) is 5.21. The third-order valence-corrected chi connectivity index (χ3v) is 6.87. The second-order valence-electron chi connectivity index (χ2n) is 7.15. The molecule has 1 N–H and O–H groups in total. The van der Waals surface area contributed by atoms with Crippen LogP contribution in [0.5, 0.6) is 0 Å². The fraction of sp³-hybridized carbons (Fsp3) is 0.318. The van der Waals surface area contributed by atoms with Gasteiger partial charge in [-0.2, -0.15) is 0 Å². The molecule has 0 saturated carbocycles. The van der Waals surface area contributed by atoms with Crippen LogP contribution in [0.1, 0.15) is 28.2 Å². The van der Waals surface area contributed by atoms with E-state index >= 15 is 0 Å². The highest BCUT2D eigenvalue weighted by Gasteiger charge is 2.29. The van der Waals surface area contributed by atoms with Crippen LogP contribution < -0.4 is 5.32 Å². The Morgan fingerprint density at radius 3 is 2.66 bits per heavy atom. The number of carbonyl (C=O) groups is 1. The summed E-state index contributed by atoms with van der Waals surface area (Å²) in [5, 5.41) is 4.19. The fourth-order valence-corrected chi connectivity index (χ4v) is 5.30. The molecule has 1 amide bonds. The molecule has 2 heterocycles. The minimum Gasteiger partial charge on any atom is -0.379 e. The van der Waals surface area contributed by atoms with Gasteiger partial charge >= 0.3 is 0 Å². The Morgan fingerprint density at radius 1 is 1.21 bits per heavy atom. The van der Waals surface area contributed by atoms with Crippen molar-refractivity contribution in [1.29, 1.82) is 0 Å². The first-order valence-corrected chi connectivity index (χ1v) is 10.8. The van der Waals surface area contributed by atoms with E-state index < -0.39 is 0 Å². The van der Waals surface area contributed by atoms with Crippen molar-refractivity contribution in [2.24, 2.45) is 0 Å². The Kier molecular flexibility index (Phi) is 6.15. The number of hydrogen-bond acceptors (Lipinski definition) is 4. The molecule has 0 bridgehead atoms. The molecule has 1 saturated heterocycles. The lowest BCUT2D eigenvalue weighted by Gasteiger charge is -2.38. The molecule has 1 aliphatic rings. The molecule has 3 aromatic rings. The summed E-state index contributed by atoms with van der Waals surface area (Å²) in [6.45, 7) is 4.98. The largest absolute Gasteiger partial charge is 0.379 e. The van der Waals surface area contributed by atoms with Crippen LogP contribution in [0.4, 0.5) is 4.39 Å². The molecule has 1 aromatic heterocycles. The number of rotatable bonds is 5. The van der Waals surface area contributed by atoms with Crippen molar-refractivity contribution in [3.63, 3.8) is 0 Å². The van der Waals surface area contributed by atoms with Crippen LogP contribution in [0.2, 0.25) is 5.02 Å². The average Bonchev–Trinajstić information content (AvgIpc) is 3.05. The molecular weight excluding hydrogens is 411 g/mol. The van der Waals surface area contributed by atoms with Gasteiger partial charge in [0.25, 0.3) is 5.91 Å². The summed E-state index contributed by atoms with van der Waals surface area (Å²) in [4.78, 5) is 15.8. The topological polar surface area (TPSA) is 41.6 Å². The minimum atomic E-state index is -0.341. The first-order valence-electron chi connectivity index (χ1n) is 9.60. The molecule has 4 nitrogen and oxygen atoms in total. The van der Waals surface area contributed by atoms with Gasteiger partial charge in [0, 0.05) is 29.2 Å². The van der Waals surface area contributed by atoms with Gasteiger partial charge in [0.1, 0.15) is 10.7 Å². The van der Waals surface area contributed by atoms with Crippen molar-refractivity contribution in [1.82, 2.24) is 10.2 Å². The van der Waals surface area contributed by atoms with Crippen LogP contribution in [0, 0.1) is 5.82 Å². The van der Waals surface area contributed by atoms with E-state index in [1.54, 1.807) is 6.07 Å². The second-order valence-corrected chi connectivity index (χ2v) is 8.58. The molecule has 2 aromatic carbocycles. The quantitative estimate of drug-likeness (QED) is 0.624. The number of morpholine rings is 1. The average molecular weight is 433 g/mol. The lowest BCUT2D eigenvalue weighted by atomic mass is 9.98. The van der Waals surface area contributed by atoms with Crippen molar-refractivity contribution >= 4 is 38.9 Å². The van der Waals surface area contributed by atoms with Crippen molar-refractivity contribution in [2.45, 2.75) is 19.0 Å². The van der Waals surface area contributed by atoms with Gasteiger partial charge in [0.2, 0.25) is 0 Å². The van der Waals surface area contributed by atoms with Crippen molar-refractivity contribution in [3.05, 3.63) is 69.8 Å². The molecule has 0 spiro atoms. The van der Waals surface area contributed by atoms with Crippen LogP contribution in [0.25, 0.3) is 10.1 Å². The molecule has 2 atom stereocenters. The SMILES string of the molecule is C[C@H](NC(=O)c1sc2cc(F)ccc2c1Cl)[C@@H](c1ccccc1)N1CCOCC1. The third kappa shape index (κ3) is 4.31. The first-order chi connectivity index (χ1) is 14.0. The molecule has 29 heavy (non-hydrogen) atoms. The molecular formula is C22H22ClFN2O2S. The maximum atomic E-state index is 13.5. The highest BCUT2D eigenvalue weighted by Crippen LogP contribution is 2.36. The van der Waals surface area contributed by atoms with E-state index in [9.17, 15) is 9.18 Å². The van der Waals surface area contributed by atoms with Crippen molar-refractivity contribution < 1.29 is 13.9 Å². The fourth-order valence-electron chi connectivity index (χ4n) is 3.86. The minimum absolute atomic E-state index is 0.0228. The summed E-state index contributed by atoms with van der Waals surface area (Å²) in [5.74, 6) is -0.578. The van der Waals surface area contributed by atoms with Gasteiger partial charge < -0.3 is 10.1 Å². The number of carbonyl (C=O) groups excluding carboxylic acids is 1. The van der Waals surface area contributed by atoms with Crippen LogP contribution in [-0.2, 0) is 4.74 Å². The predicted molar refractivity (Wildman–Crippen MR) is 115 cm³/mol. The number of nitrogens with one attached hydrogen (secondary N) is 1. The Morgan fingerprint density at radius 2 is 1.93 bits per heavy atom. The maximum Gasteiger partial charge on any atom is 0.263 e. The van der Waals surface area contributed by atoms with Crippen LogP contribution >= 0.6 is 22.9 Å². The van der Waals surface area contributed by atoms with E-state index in [1.165, 1.54) is 23.5 Å². The van der Waals surface area contributed by atoms with Gasteiger partial charge in [-0.15, -0.1) is 11.3 Å². The standard InChI is InChI=1S/C22H22ClFN2O2S/c1-14(20(15-5-3-2-4-6-15)26-9-11-28-12-10-26)25-22(27)21-19(23)17-8-7-16(24)13-18(17)29-21/h2-8,13-14,20H,9-12H2,1H3,(H,25,27)/t14-,20-/m0/s1. The van der Waals surface area contributed by atoms with Gasteiger partial charge in [0.05, 0.1) is 24.3 Å². The van der Waals surface area contributed by atoms with E-state index in [1.807, 2.05) is 25.1 Å². The van der Waals surface area contributed by atoms with Gasteiger partial charge in [-0.05, 0) is 30.7 Å². The Hall–Kier alpha value is -1.99. The number of fused-ring (bicyclic) bond motifs is 1. The Bertz CT molecular complexity index is 1000. The lowest BCUT2D eigenvalue weighted by molar-refractivity contribution is 0.00890. The maximum absolute atomic E-state index is 13.5. The first kappa shape index (κ1) is 20.3. The van der Waals surface area contributed by atoms with Gasteiger partial charge in [-0.1, -0.05) is 41.9 Å². The predicted octanol–water partition coefficient (Wildman–Crippen LogP) is 4.89. The van der Waals surface area contributed by atoms with E-state index in [4.69, 9.17) is 16.3 Å².